The van der Waals surface area contributed by atoms with Crippen LogP contribution < -0.4 is 0 Å². The van der Waals surface area contributed by atoms with Gasteiger partial charge in [0, 0.05) is 47.3 Å². The smallest absolute Gasteiger partial charge is 0.195 e. The van der Waals surface area contributed by atoms with Gasteiger partial charge in [0.2, 0.25) is 0 Å². The second-order valence-electron chi connectivity index (χ2n) is 5.81. The van der Waals surface area contributed by atoms with Crippen molar-refractivity contribution in [3.63, 3.8) is 0 Å². The van der Waals surface area contributed by atoms with Crippen LogP contribution in [-0.2, 0) is 0 Å². The Morgan fingerprint density at radius 1 is 1.11 bits per heavy atom. The highest BCUT2D eigenvalue weighted by Crippen LogP contribution is 2.31. The van der Waals surface area contributed by atoms with Crippen molar-refractivity contribution in [1.29, 1.82) is 0 Å². The molecule has 0 radical (unpaired) electrons. The van der Waals surface area contributed by atoms with E-state index in [0.717, 1.165) is 24.5 Å². The normalized spacial score (nSPS) is 23.4. The molecular weight excluding hydrogens is 339 g/mol. The first-order valence-electron chi connectivity index (χ1n) is 6.71. The van der Waals surface area contributed by atoms with Gasteiger partial charge >= 0.3 is 0 Å². The van der Waals surface area contributed by atoms with Crippen molar-refractivity contribution in [2.75, 3.05) is 47.8 Å². The summed E-state index contributed by atoms with van der Waals surface area (Å²) in [4.78, 5) is 11.6. The number of hydrogen-bond donors (Lipinski definition) is 0. The van der Waals surface area contributed by atoms with Crippen LogP contribution in [0.15, 0.2) is 4.99 Å². The predicted octanol–water partition coefficient (Wildman–Crippen LogP) is 1.57. The molecule has 2 fully saturated rings. The van der Waals surface area contributed by atoms with Crippen LogP contribution in [0.3, 0.4) is 0 Å². The number of halogens is 1. The predicted molar refractivity (Wildman–Crippen MR) is 87.8 cm³/mol. The highest BCUT2D eigenvalue weighted by Gasteiger charge is 2.34. The Balaban J connectivity index is 0.00000162. The van der Waals surface area contributed by atoms with Gasteiger partial charge in [-0.1, -0.05) is 0 Å². The van der Waals surface area contributed by atoms with Gasteiger partial charge in [-0.3, -0.25) is 4.99 Å². The minimum Gasteiger partial charge on any atom is -0.349 e. The van der Waals surface area contributed by atoms with Gasteiger partial charge in [-0.25, -0.2) is 0 Å². The lowest BCUT2D eigenvalue weighted by Gasteiger charge is -2.23. The number of nitrogens with zero attached hydrogens (tertiary/aromatic N) is 4. The molecule has 1 unspecified atom stereocenters. The van der Waals surface area contributed by atoms with Crippen molar-refractivity contribution >= 4 is 29.9 Å². The zero-order chi connectivity index (χ0) is 12.4. The van der Waals surface area contributed by atoms with Crippen LogP contribution in [0.2, 0.25) is 0 Å². The third kappa shape index (κ3) is 4.26. The van der Waals surface area contributed by atoms with Gasteiger partial charge < -0.3 is 14.7 Å². The maximum Gasteiger partial charge on any atom is 0.195 e. The standard InChI is InChI=1S/C13H26N4.HI/c1-15(2)13(16(3)4)14-9-11-7-8-17(10-11)12-5-6-12;/h11-12H,5-10H2,1-4H3;1H. The van der Waals surface area contributed by atoms with Gasteiger partial charge in [-0.2, -0.15) is 0 Å². The number of guanidine groups is 1. The molecule has 0 bridgehead atoms. The molecule has 4 nitrogen and oxygen atoms in total. The molecule has 1 heterocycles. The summed E-state index contributed by atoms with van der Waals surface area (Å²) < 4.78 is 0. The molecule has 0 aromatic rings. The summed E-state index contributed by atoms with van der Waals surface area (Å²) in [5, 5.41) is 0. The number of hydrogen-bond acceptors (Lipinski definition) is 2. The fourth-order valence-corrected chi connectivity index (χ4v) is 2.68. The van der Waals surface area contributed by atoms with Gasteiger partial charge in [0.25, 0.3) is 0 Å². The van der Waals surface area contributed by atoms with E-state index >= 15 is 0 Å². The molecule has 18 heavy (non-hydrogen) atoms. The highest BCUT2D eigenvalue weighted by molar-refractivity contribution is 14.0. The first-order chi connectivity index (χ1) is 8.08. The number of likely N-dealkylation sites (tertiary alicyclic amines) is 1. The lowest BCUT2D eigenvalue weighted by molar-refractivity contribution is 0.315. The zero-order valence-electron chi connectivity index (χ0n) is 12.1. The molecule has 106 valence electrons. The van der Waals surface area contributed by atoms with Gasteiger partial charge in [-0.15, -0.1) is 24.0 Å². The van der Waals surface area contributed by atoms with Crippen molar-refractivity contribution in [3.05, 3.63) is 0 Å². The quantitative estimate of drug-likeness (QED) is 0.430. The molecule has 1 saturated heterocycles. The molecule has 0 spiro atoms. The minimum absolute atomic E-state index is 0. The third-order valence-electron chi connectivity index (χ3n) is 3.67. The summed E-state index contributed by atoms with van der Waals surface area (Å²) in [6.07, 6.45) is 4.18. The molecule has 2 rings (SSSR count). The minimum atomic E-state index is 0. The van der Waals surface area contributed by atoms with E-state index in [1.54, 1.807) is 0 Å². The Morgan fingerprint density at radius 2 is 1.72 bits per heavy atom. The number of rotatable bonds is 3. The van der Waals surface area contributed by atoms with E-state index in [1.165, 1.54) is 32.4 Å². The van der Waals surface area contributed by atoms with E-state index in [9.17, 15) is 0 Å². The van der Waals surface area contributed by atoms with Gasteiger partial charge in [0.15, 0.2) is 5.96 Å². The lowest BCUT2D eigenvalue weighted by atomic mass is 10.1. The van der Waals surface area contributed by atoms with Crippen molar-refractivity contribution in [1.82, 2.24) is 14.7 Å². The fraction of sp³-hybridized carbons (Fsp3) is 0.923. The maximum atomic E-state index is 4.76. The van der Waals surface area contributed by atoms with Crippen LogP contribution in [-0.4, -0.2) is 74.5 Å². The van der Waals surface area contributed by atoms with Crippen molar-refractivity contribution < 1.29 is 0 Å². The van der Waals surface area contributed by atoms with Crippen LogP contribution in [0.25, 0.3) is 0 Å². The van der Waals surface area contributed by atoms with E-state index in [1.807, 2.05) is 0 Å². The van der Waals surface area contributed by atoms with E-state index in [2.05, 4.69) is 42.9 Å². The van der Waals surface area contributed by atoms with Gasteiger partial charge in [0.05, 0.1) is 0 Å². The van der Waals surface area contributed by atoms with Crippen LogP contribution >= 0.6 is 24.0 Å². The molecule has 1 saturated carbocycles. The molecule has 0 aromatic heterocycles. The first kappa shape index (κ1) is 16.0. The van der Waals surface area contributed by atoms with Crippen LogP contribution in [0, 0.1) is 5.92 Å². The summed E-state index contributed by atoms with van der Waals surface area (Å²) in [5.74, 6) is 1.85. The Hall–Kier alpha value is -0.0400. The van der Waals surface area contributed by atoms with Gasteiger partial charge in [0.1, 0.15) is 0 Å². The summed E-state index contributed by atoms with van der Waals surface area (Å²) in [6, 6.07) is 0.922. The maximum absolute atomic E-state index is 4.76. The third-order valence-corrected chi connectivity index (χ3v) is 3.67. The zero-order valence-corrected chi connectivity index (χ0v) is 14.4. The summed E-state index contributed by atoms with van der Waals surface area (Å²) >= 11 is 0. The average molecular weight is 366 g/mol. The Bertz CT molecular complexity index is 277. The van der Waals surface area contributed by atoms with E-state index in [-0.39, 0.29) is 24.0 Å². The largest absolute Gasteiger partial charge is 0.349 e. The molecule has 1 aliphatic carbocycles. The summed E-state index contributed by atoms with van der Waals surface area (Å²) in [5.41, 5.74) is 0. The molecule has 2 aliphatic rings. The molecule has 1 aliphatic heterocycles. The SMILES string of the molecule is CN(C)C(=NCC1CCN(C2CC2)C1)N(C)C.I. The van der Waals surface area contributed by atoms with E-state index < -0.39 is 0 Å². The fourth-order valence-electron chi connectivity index (χ4n) is 2.68. The first-order valence-corrected chi connectivity index (χ1v) is 6.71. The van der Waals surface area contributed by atoms with E-state index in [4.69, 9.17) is 4.99 Å². The topological polar surface area (TPSA) is 22.1 Å². The Labute approximate surface area is 128 Å². The Morgan fingerprint density at radius 3 is 2.22 bits per heavy atom. The number of aliphatic imine (C=N–C) groups is 1. The molecule has 5 heteroatoms. The lowest BCUT2D eigenvalue weighted by Crippen LogP contribution is -2.36. The van der Waals surface area contributed by atoms with Crippen molar-refractivity contribution in [3.8, 4) is 0 Å². The van der Waals surface area contributed by atoms with Crippen LogP contribution in [0.1, 0.15) is 19.3 Å². The highest BCUT2D eigenvalue weighted by atomic mass is 127. The Kier molecular flexibility index (Phi) is 6.17. The average Bonchev–Trinajstić information content (AvgIpc) is 2.99. The van der Waals surface area contributed by atoms with Gasteiger partial charge in [-0.05, 0) is 31.7 Å². The molecule has 0 amide bonds. The summed E-state index contributed by atoms with van der Waals surface area (Å²) in [7, 11) is 8.24. The second-order valence-corrected chi connectivity index (χ2v) is 5.81. The van der Waals surface area contributed by atoms with Crippen LogP contribution in [0.4, 0.5) is 0 Å². The molecule has 0 aromatic carbocycles. The second kappa shape index (κ2) is 6.93. The van der Waals surface area contributed by atoms with E-state index in [0.29, 0.717) is 0 Å². The monoisotopic (exact) mass is 366 g/mol. The van der Waals surface area contributed by atoms with Crippen LogP contribution in [0.5, 0.6) is 0 Å². The summed E-state index contributed by atoms with van der Waals surface area (Å²) in [6.45, 7) is 3.54. The van der Waals surface area contributed by atoms with Crippen molar-refractivity contribution in [2.24, 2.45) is 10.9 Å². The molecular formula is C13H27IN4. The van der Waals surface area contributed by atoms with Crippen molar-refractivity contribution in [2.45, 2.75) is 25.3 Å². The molecule has 0 N–H and O–H groups in total. The molecule has 1 atom stereocenters.